The van der Waals surface area contributed by atoms with E-state index in [2.05, 4.69) is 31.0 Å². The Kier molecular flexibility index (Phi) is 6.09. The lowest BCUT2D eigenvalue weighted by Crippen LogP contribution is -2.49. The van der Waals surface area contributed by atoms with Gasteiger partial charge in [0.05, 0.1) is 7.11 Å². The van der Waals surface area contributed by atoms with Gasteiger partial charge in [0.1, 0.15) is 6.04 Å². The second-order valence-electron chi connectivity index (χ2n) is 6.18. The number of methoxy groups -OCH3 is 1. The molecule has 4 heteroatoms. The molecule has 18 heavy (non-hydrogen) atoms. The van der Waals surface area contributed by atoms with Crippen molar-refractivity contribution in [3.8, 4) is 0 Å². The zero-order chi connectivity index (χ0) is 13.6. The molecule has 1 aliphatic heterocycles. The average molecular weight is 256 g/mol. The molecular formula is C14H28N2O2. The molecule has 1 aliphatic rings. The van der Waals surface area contributed by atoms with Gasteiger partial charge in [-0.1, -0.05) is 27.2 Å². The van der Waals surface area contributed by atoms with Crippen molar-refractivity contribution in [3.63, 3.8) is 0 Å². The van der Waals surface area contributed by atoms with Crippen LogP contribution in [0.3, 0.4) is 0 Å². The number of carbonyl (C=O) groups is 1. The molecule has 0 saturated carbocycles. The van der Waals surface area contributed by atoms with Gasteiger partial charge < -0.3 is 15.0 Å². The third-order valence-corrected chi connectivity index (χ3v) is 3.53. The van der Waals surface area contributed by atoms with Gasteiger partial charge >= 0.3 is 5.97 Å². The maximum atomic E-state index is 11.7. The highest BCUT2D eigenvalue weighted by molar-refractivity contribution is 5.76. The van der Waals surface area contributed by atoms with Crippen molar-refractivity contribution in [1.82, 2.24) is 10.2 Å². The molecule has 1 fully saturated rings. The van der Waals surface area contributed by atoms with Crippen LogP contribution in [0.25, 0.3) is 0 Å². The van der Waals surface area contributed by atoms with Crippen LogP contribution in [-0.4, -0.2) is 50.2 Å². The van der Waals surface area contributed by atoms with Crippen LogP contribution < -0.4 is 5.32 Å². The van der Waals surface area contributed by atoms with Crippen molar-refractivity contribution in [2.45, 2.75) is 46.1 Å². The van der Waals surface area contributed by atoms with E-state index in [1.54, 1.807) is 0 Å². The number of piperidine rings is 1. The lowest BCUT2D eigenvalue weighted by atomic mass is 9.87. The topological polar surface area (TPSA) is 41.6 Å². The molecule has 0 amide bonds. The van der Waals surface area contributed by atoms with Crippen LogP contribution in [0, 0.1) is 5.41 Å². The van der Waals surface area contributed by atoms with Crippen LogP contribution in [0.4, 0.5) is 0 Å². The predicted octanol–water partition coefficient (Wildman–Crippen LogP) is 1.65. The van der Waals surface area contributed by atoms with Crippen LogP contribution in [-0.2, 0) is 9.53 Å². The molecule has 1 rings (SSSR count). The summed E-state index contributed by atoms with van der Waals surface area (Å²) in [6.07, 6.45) is 3.97. The molecule has 1 unspecified atom stereocenters. The molecule has 4 nitrogen and oxygen atoms in total. The first-order chi connectivity index (χ1) is 8.45. The van der Waals surface area contributed by atoms with Crippen LogP contribution in [0.2, 0.25) is 0 Å². The van der Waals surface area contributed by atoms with Crippen molar-refractivity contribution >= 4 is 5.97 Å². The van der Waals surface area contributed by atoms with Gasteiger partial charge in [0.15, 0.2) is 0 Å². The van der Waals surface area contributed by atoms with Crippen molar-refractivity contribution in [2.24, 2.45) is 5.41 Å². The second-order valence-corrected chi connectivity index (χ2v) is 6.18. The lowest BCUT2D eigenvalue weighted by Gasteiger charge is -2.31. The number of rotatable bonds is 5. The predicted molar refractivity (Wildman–Crippen MR) is 73.6 cm³/mol. The largest absolute Gasteiger partial charge is 0.468 e. The molecule has 1 atom stereocenters. The van der Waals surface area contributed by atoms with Crippen LogP contribution in [0.5, 0.6) is 0 Å². The molecule has 0 spiro atoms. The first-order valence-corrected chi connectivity index (χ1v) is 6.98. The smallest absolute Gasteiger partial charge is 0.323 e. The Hall–Kier alpha value is -0.610. The van der Waals surface area contributed by atoms with Crippen LogP contribution in [0.15, 0.2) is 0 Å². The van der Waals surface area contributed by atoms with E-state index in [0.29, 0.717) is 0 Å². The van der Waals surface area contributed by atoms with E-state index < -0.39 is 0 Å². The zero-order valence-electron chi connectivity index (χ0n) is 12.3. The number of nitrogens with zero attached hydrogens (tertiary/aromatic N) is 1. The molecule has 0 bridgehead atoms. The Bertz CT molecular complexity index is 255. The first kappa shape index (κ1) is 15.4. The Balaban J connectivity index is 2.35. The average Bonchev–Trinajstić information content (AvgIpc) is 2.33. The number of hydrogen-bond donors (Lipinski definition) is 1. The highest BCUT2D eigenvalue weighted by atomic mass is 16.5. The fourth-order valence-electron chi connectivity index (χ4n) is 2.41. The van der Waals surface area contributed by atoms with E-state index in [-0.39, 0.29) is 17.4 Å². The molecule has 0 aromatic heterocycles. The summed E-state index contributed by atoms with van der Waals surface area (Å²) < 4.78 is 4.87. The number of likely N-dealkylation sites (tertiary alicyclic amines) is 1. The summed E-state index contributed by atoms with van der Waals surface area (Å²) in [5.41, 5.74) is -0.116. The van der Waals surface area contributed by atoms with Crippen molar-refractivity contribution < 1.29 is 9.53 Å². The normalized spacial score (nSPS) is 19.6. The van der Waals surface area contributed by atoms with E-state index in [1.165, 1.54) is 39.5 Å². The van der Waals surface area contributed by atoms with Gasteiger partial charge in [0.25, 0.3) is 0 Å². The number of nitrogens with one attached hydrogen (secondary N) is 1. The molecule has 0 radical (unpaired) electrons. The Morgan fingerprint density at radius 2 is 1.89 bits per heavy atom. The highest BCUT2D eigenvalue weighted by Gasteiger charge is 2.31. The van der Waals surface area contributed by atoms with Gasteiger partial charge in [-0.15, -0.1) is 0 Å². The zero-order valence-corrected chi connectivity index (χ0v) is 12.3. The highest BCUT2D eigenvalue weighted by Crippen LogP contribution is 2.20. The van der Waals surface area contributed by atoms with E-state index in [9.17, 15) is 4.79 Å². The number of ether oxygens (including phenoxy) is 1. The van der Waals surface area contributed by atoms with Gasteiger partial charge in [-0.25, -0.2) is 0 Å². The minimum Gasteiger partial charge on any atom is -0.468 e. The monoisotopic (exact) mass is 256 g/mol. The number of carbonyl (C=O) groups excluding carboxylic acids is 1. The van der Waals surface area contributed by atoms with Gasteiger partial charge in [0, 0.05) is 13.1 Å². The third-order valence-electron chi connectivity index (χ3n) is 3.53. The summed E-state index contributed by atoms with van der Waals surface area (Å²) >= 11 is 0. The van der Waals surface area contributed by atoms with E-state index in [4.69, 9.17) is 4.74 Å². The molecule has 1 N–H and O–H groups in total. The van der Waals surface area contributed by atoms with E-state index in [0.717, 1.165) is 13.1 Å². The van der Waals surface area contributed by atoms with E-state index >= 15 is 0 Å². The maximum absolute atomic E-state index is 11.7. The summed E-state index contributed by atoms with van der Waals surface area (Å²) in [7, 11) is 1.45. The first-order valence-electron chi connectivity index (χ1n) is 6.98. The lowest BCUT2D eigenvalue weighted by molar-refractivity contribution is -0.146. The summed E-state index contributed by atoms with van der Waals surface area (Å²) in [5.74, 6) is -0.166. The fraction of sp³-hybridized carbons (Fsp3) is 0.929. The third kappa shape index (κ3) is 4.94. The second kappa shape index (κ2) is 7.10. The summed E-state index contributed by atoms with van der Waals surface area (Å²) in [6, 6.07) is -0.229. The van der Waals surface area contributed by atoms with Crippen molar-refractivity contribution in [1.29, 1.82) is 0 Å². The maximum Gasteiger partial charge on any atom is 0.323 e. The standard InChI is InChI=1S/C14H28N2O2/c1-14(2,3)12(13(17)18-4)15-8-11-16-9-6-5-7-10-16/h12,15H,5-11H2,1-4H3. The Morgan fingerprint density at radius 1 is 1.28 bits per heavy atom. The van der Waals surface area contributed by atoms with Crippen LogP contribution in [0.1, 0.15) is 40.0 Å². The summed E-state index contributed by atoms with van der Waals surface area (Å²) in [4.78, 5) is 14.2. The minimum absolute atomic E-state index is 0.116. The SMILES string of the molecule is COC(=O)C(NCCN1CCCCC1)C(C)(C)C. The van der Waals surface area contributed by atoms with E-state index in [1.807, 2.05) is 0 Å². The van der Waals surface area contributed by atoms with Crippen LogP contribution >= 0.6 is 0 Å². The number of hydrogen-bond acceptors (Lipinski definition) is 4. The number of esters is 1. The molecule has 1 heterocycles. The fourth-order valence-corrected chi connectivity index (χ4v) is 2.41. The molecule has 106 valence electrons. The summed E-state index contributed by atoms with van der Waals surface area (Å²) in [6.45, 7) is 10.4. The van der Waals surface area contributed by atoms with Gasteiger partial charge in [-0.3, -0.25) is 4.79 Å². The molecular weight excluding hydrogens is 228 g/mol. The van der Waals surface area contributed by atoms with Crippen molar-refractivity contribution in [3.05, 3.63) is 0 Å². The Labute approximate surface area is 111 Å². The van der Waals surface area contributed by atoms with Crippen molar-refractivity contribution in [2.75, 3.05) is 33.3 Å². The van der Waals surface area contributed by atoms with Gasteiger partial charge in [-0.05, 0) is 31.3 Å². The molecule has 1 saturated heterocycles. The quantitative estimate of drug-likeness (QED) is 0.760. The molecule has 0 aromatic carbocycles. The minimum atomic E-state index is -0.229. The molecule has 0 aliphatic carbocycles. The van der Waals surface area contributed by atoms with Gasteiger partial charge in [0.2, 0.25) is 0 Å². The van der Waals surface area contributed by atoms with Gasteiger partial charge in [-0.2, -0.15) is 0 Å². The summed E-state index contributed by atoms with van der Waals surface area (Å²) in [5, 5.41) is 3.34. The molecule has 0 aromatic rings. The Morgan fingerprint density at radius 3 is 2.39 bits per heavy atom.